The minimum atomic E-state index is 0.169. The number of rotatable bonds is 3. The maximum atomic E-state index is 5.98. The Bertz CT molecular complexity index is 548. The van der Waals surface area contributed by atoms with Crippen molar-refractivity contribution in [2.75, 3.05) is 5.32 Å². The molecule has 6 heteroatoms. The van der Waals surface area contributed by atoms with Crippen LogP contribution in [-0.2, 0) is 0 Å². The molecule has 0 aliphatic rings. The first kappa shape index (κ1) is 14.7. The summed E-state index contributed by atoms with van der Waals surface area (Å²) in [5.41, 5.74) is 2.15. The van der Waals surface area contributed by atoms with E-state index >= 15 is 0 Å². The van der Waals surface area contributed by atoms with Gasteiger partial charge in [0.15, 0.2) is 0 Å². The third kappa shape index (κ3) is 3.42. The quantitative estimate of drug-likeness (QED) is 0.568. The van der Waals surface area contributed by atoms with Crippen molar-refractivity contribution in [1.82, 2.24) is 0 Å². The van der Waals surface area contributed by atoms with E-state index in [1.807, 2.05) is 18.2 Å². The van der Waals surface area contributed by atoms with Gasteiger partial charge in [0.2, 0.25) is 0 Å². The van der Waals surface area contributed by atoms with Gasteiger partial charge in [-0.25, -0.2) is 0 Å². The third-order valence-electron chi connectivity index (χ3n) is 2.46. The Kier molecular flexibility index (Phi) is 5.00. The van der Waals surface area contributed by atoms with E-state index in [2.05, 4.69) is 49.5 Å². The minimum Gasteiger partial charge on any atom is -0.377 e. The molecule has 1 heterocycles. The first-order valence-electron chi connectivity index (χ1n) is 5.12. The van der Waals surface area contributed by atoms with Gasteiger partial charge < -0.3 is 5.32 Å². The molecule has 0 aliphatic carbocycles. The molecule has 0 bridgehead atoms. The van der Waals surface area contributed by atoms with Crippen LogP contribution in [0.4, 0.5) is 5.69 Å². The summed E-state index contributed by atoms with van der Waals surface area (Å²) >= 11 is 20.5. The monoisotopic (exact) mass is 427 g/mol. The van der Waals surface area contributed by atoms with Crippen molar-refractivity contribution in [1.29, 1.82) is 0 Å². The molecule has 1 atom stereocenters. The zero-order chi connectivity index (χ0) is 13.3. The van der Waals surface area contributed by atoms with Gasteiger partial charge >= 0.3 is 0 Å². The van der Waals surface area contributed by atoms with Crippen LogP contribution >= 0.6 is 66.4 Å². The largest absolute Gasteiger partial charge is 0.377 e. The molecular formula is C12H9Br2Cl2NS. The van der Waals surface area contributed by atoms with Crippen LogP contribution in [0, 0.1) is 0 Å². The summed E-state index contributed by atoms with van der Waals surface area (Å²) in [5.74, 6) is 0. The average molecular weight is 430 g/mol. The molecule has 0 saturated heterocycles. The topological polar surface area (TPSA) is 12.0 Å². The van der Waals surface area contributed by atoms with Crippen LogP contribution in [0.5, 0.6) is 0 Å². The highest BCUT2D eigenvalue weighted by molar-refractivity contribution is 9.11. The van der Waals surface area contributed by atoms with Crippen LogP contribution < -0.4 is 5.32 Å². The second-order valence-corrected chi connectivity index (χ2v) is 7.48. The van der Waals surface area contributed by atoms with Gasteiger partial charge in [0, 0.05) is 20.0 Å². The molecule has 96 valence electrons. The van der Waals surface area contributed by atoms with E-state index < -0.39 is 0 Å². The second kappa shape index (κ2) is 6.14. The number of nitrogens with one attached hydrogen (secondary N) is 1. The van der Waals surface area contributed by atoms with Crippen LogP contribution in [0.3, 0.4) is 0 Å². The summed E-state index contributed by atoms with van der Waals surface area (Å²) in [6, 6.07) is 5.87. The van der Waals surface area contributed by atoms with Gasteiger partial charge in [-0.15, -0.1) is 11.3 Å². The highest BCUT2D eigenvalue weighted by atomic mass is 79.9. The normalized spacial score (nSPS) is 12.5. The summed E-state index contributed by atoms with van der Waals surface area (Å²) in [5, 5.41) is 6.17. The lowest BCUT2D eigenvalue weighted by molar-refractivity contribution is 0.888. The van der Waals surface area contributed by atoms with Crippen molar-refractivity contribution < 1.29 is 0 Å². The number of hydrogen-bond acceptors (Lipinski definition) is 2. The molecule has 2 rings (SSSR count). The van der Waals surface area contributed by atoms with Crippen molar-refractivity contribution in [3.8, 4) is 0 Å². The van der Waals surface area contributed by atoms with Gasteiger partial charge in [-0.05, 0) is 67.9 Å². The number of halogens is 4. The fourth-order valence-corrected chi connectivity index (χ4v) is 4.41. The number of anilines is 1. The minimum absolute atomic E-state index is 0.169. The number of hydrogen-bond donors (Lipinski definition) is 1. The van der Waals surface area contributed by atoms with Crippen LogP contribution in [0.1, 0.15) is 18.5 Å². The van der Waals surface area contributed by atoms with Crippen LogP contribution in [0.25, 0.3) is 0 Å². The predicted molar refractivity (Wildman–Crippen MR) is 88.2 cm³/mol. The van der Waals surface area contributed by atoms with Gasteiger partial charge in [0.1, 0.15) is 0 Å². The number of benzene rings is 1. The van der Waals surface area contributed by atoms with E-state index in [-0.39, 0.29) is 6.04 Å². The molecule has 0 spiro atoms. The van der Waals surface area contributed by atoms with Crippen molar-refractivity contribution >= 4 is 72.1 Å². The Balaban J connectivity index is 2.24. The molecule has 1 unspecified atom stereocenters. The molecule has 2 aromatic rings. The van der Waals surface area contributed by atoms with Crippen molar-refractivity contribution in [2.24, 2.45) is 0 Å². The lowest BCUT2D eigenvalue weighted by Gasteiger charge is -2.17. The molecule has 0 amide bonds. The standard InChI is InChI=1S/C12H9Br2Cl2NS/c1-6(7-2-11(16)18-5-7)17-12-9(13)3-8(15)4-10(12)14/h2-6,17H,1H3. The maximum Gasteiger partial charge on any atom is 0.0931 e. The van der Waals surface area contributed by atoms with E-state index in [1.54, 1.807) is 0 Å². The van der Waals surface area contributed by atoms with E-state index in [9.17, 15) is 0 Å². The highest BCUT2D eigenvalue weighted by Gasteiger charge is 2.12. The van der Waals surface area contributed by atoms with Crippen LogP contribution in [-0.4, -0.2) is 0 Å². The lowest BCUT2D eigenvalue weighted by Crippen LogP contribution is -2.06. The highest BCUT2D eigenvalue weighted by Crippen LogP contribution is 2.37. The van der Waals surface area contributed by atoms with Gasteiger partial charge in [0.25, 0.3) is 0 Å². The molecule has 0 fully saturated rings. The Morgan fingerprint density at radius 2 is 1.78 bits per heavy atom. The first-order valence-corrected chi connectivity index (χ1v) is 8.34. The Labute approximate surface area is 137 Å². The summed E-state index contributed by atoms with van der Waals surface area (Å²) in [6.07, 6.45) is 0. The van der Waals surface area contributed by atoms with Gasteiger partial charge in [-0.2, -0.15) is 0 Å². The Morgan fingerprint density at radius 1 is 1.17 bits per heavy atom. The summed E-state index contributed by atoms with van der Waals surface area (Å²) in [6.45, 7) is 2.09. The van der Waals surface area contributed by atoms with Gasteiger partial charge in [-0.1, -0.05) is 23.2 Å². The van der Waals surface area contributed by atoms with E-state index in [0.717, 1.165) is 19.0 Å². The summed E-state index contributed by atoms with van der Waals surface area (Å²) in [4.78, 5) is 0. The summed E-state index contributed by atoms with van der Waals surface area (Å²) < 4.78 is 2.65. The SMILES string of the molecule is CC(Nc1c(Br)cc(Cl)cc1Br)c1csc(Cl)c1. The first-order chi connectivity index (χ1) is 8.47. The van der Waals surface area contributed by atoms with Crippen molar-refractivity contribution in [3.63, 3.8) is 0 Å². The van der Waals surface area contributed by atoms with Gasteiger partial charge in [0.05, 0.1) is 10.0 Å². The van der Waals surface area contributed by atoms with E-state index in [4.69, 9.17) is 23.2 Å². The molecule has 0 radical (unpaired) electrons. The average Bonchev–Trinajstić information content (AvgIpc) is 2.70. The van der Waals surface area contributed by atoms with Crippen molar-refractivity contribution in [3.05, 3.63) is 47.4 Å². The Hall–Kier alpha value is 0.260. The van der Waals surface area contributed by atoms with Gasteiger partial charge in [-0.3, -0.25) is 0 Å². The maximum absolute atomic E-state index is 5.98. The zero-order valence-electron chi connectivity index (χ0n) is 9.31. The molecule has 1 N–H and O–H groups in total. The van der Waals surface area contributed by atoms with Crippen LogP contribution in [0.15, 0.2) is 32.5 Å². The molecule has 0 aliphatic heterocycles. The molecular weight excluding hydrogens is 421 g/mol. The molecule has 1 aromatic heterocycles. The predicted octanol–water partition coefficient (Wildman–Crippen LogP) is 6.75. The van der Waals surface area contributed by atoms with E-state index in [0.29, 0.717) is 5.02 Å². The Morgan fingerprint density at radius 3 is 2.28 bits per heavy atom. The van der Waals surface area contributed by atoms with Crippen LogP contribution in [0.2, 0.25) is 9.36 Å². The fourth-order valence-electron chi connectivity index (χ4n) is 1.53. The smallest absolute Gasteiger partial charge is 0.0931 e. The third-order valence-corrected chi connectivity index (χ3v) is 5.03. The molecule has 1 aromatic carbocycles. The fraction of sp³-hybridized carbons (Fsp3) is 0.167. The molecule has 0 saturated carbocycles. The lowest BCUT2D eigenvalue weighted by atomic mass is 10.1. The zero-order valence-corrected chi connectivity index (χ0v) is 14.8. The van der Waals surface area contributed by atoms with E-state index in [1.165, 1.54) is 16.9 Å². The number of thiophene rings is 1. The summed E-state index contributed by atoms with van der Waals surface area (Å²) in [7, 11) is 0. The second-order valence-electron chi connectivity index (χ2n) is 3.79. The van der Waals surface area contributed by atoms with Crippen molar-refractivity contribution in [2.45, 2.75) is 13.0 Å². The molecule has 18 heavy (non-hydrogen) atoms. The molecule has 1 nitrogen and oxygen atoms in total.